The van der Waals surface area contributed by atoms with Crippen molar-refractivity contribution in [2.24, 2.45) is 23.0 Å². The molecule has 11 rings (SSSR count). The molecule has 1 saturated heterocycles. The number of nitrogens with two attached hydrogens (primary N) is 1. The molecule has 0 radical (unpaired) electrons. The van der Waals surface area contributed by atoms with E-state index >= 15 is 0 Å². The van der Waals surface area contributed by atoms with E-state index in [1.807, 2.05) is 30.0 Å². The summed E-state index contributed by atoms with van der Waals surface area (Å²) >= 11 is 0. The summed E-state index contributed by atoms with van der Waals surface area (Å²) in [5, 5.41) is 4.15. The number of benzene rings is 1. The highest BCUT2D eigenvalue weighted by Crippen LogP contribution is 2.69. The first-order valence-electron chi connectivity index (χ1n) is 18.3. The summed E-state index contributed by atoms with van der Waals surface area (Å²) in [6.45, 7) is 3.39. The lowest BCUT2D eigenvalue weighted by molar-refractivity contribution is -0.214. The lowest BCUT2D eigenvalue weighted by Gasteiger charge is -2.64. The average molecular weight is 666 g/mol. The number of carbonyl (C=O) groups excluding carboxylic acids is 2. The van der Waals surface area contributed by atoms with Gasteiger partial charge in [0.1, 0.15) is 22.6 Å². The van der Waals surface area contributed by atoms with Crippen LogP contribution in [0.1, 0.15) is 99.3 Å². The Hall–Kier alpha value is -3.99. The van der Waals surface area contributed by atoms with Crippen LogP contribution in [0.5, 0.6) is 5.75 Å². The zero-order valence-electron chi connectivity index (χ0n) is 28.3. The lowest BCUT2D eigenvalue weighted by Crippen LogP contribution is -2.70. The van der Waals surface area contributed by atoms with Gasteiger partial charge in [-0.05, 0) is 113 Å². The normalized spacial score (nSPS) is 30.7. The number of fused-ring (bicyclic) bond motifs is 4. The van der Waals surface area contributed by atoms with Crippen LogP contribution in [0, 0.1) is 17.3 Å². The maximum absolute atomic E-state index is 14.1. The highest BCUT2D eigenvalue weighted by atomic mass is 19.1. The summed E-state index contributed by atoms with van der Waals surface area (Å²) < 4.78 is 24.8. The molecular weight excluding hydrogens is 621 g/mol. The molecule has 6 aliphatic carbocycles. The molecule has 11 heteroatoms. The summed E-state index contributed by atoms with van der Waals surface area (Å²) in [4.78, 5) is 39.5. The van der Waals surface area contributed by atoms with E-state index in [1.54, 1.807) is 7.11 Å². The molecule has 3 N–H and O–H groups in total. The quantitative estimate of drug-likeness (QED) is 0.232. The summed E-state index contributed by atoms with van der Waals surface area (Å²) in [6.07, 6.45) is 8.60. The molecule has 2 amide bonds. The fourth-order valence-corrected chi connectivity index (χ4v) is 9.59. The smallest absolute Gasteiger partial charge is 0.254 e. The number of methoxy groups -OCH3 is 1. The standard InChI is InChI=1S/C38H44FN7O3/c1-20(41-36(48)37-17-38(39,18-37)19-37)28-10-6-23-13-30(45(33(23)42-28)15-21-3-4-21)34-43-29-12-24(14-31(49-2)32(29)46(34)25-8-9-25)35(47)44-16-27(40)22-5-7-26(44)11-22/h6,10,12-14,20-22,25-27H,3-5,7-9,11,15-19,40H2,1-2H3,(H,41,48)/t20-,22+,26-,27+,37?,38?/m1/s1. The molecule has 4 heterocycles. The summed E-state index contributed by atoms with van der Waals surface area (Å²) in [5.41, 5.74) is 9.78. The Kier molecular flexibility index (Phi) is 6.27. The Bertz CT molecular complexity index is 2040. The average Bonchev–Trinajstić information content (AvgIpc) is 3.97. The van der Waals surface area contributed by atoms with E-state index in [1.165, 1.54) is 12.8 Å². The number of hydrogen-bond acceptors (Lipinski definition) is 6. The Morgan fingerprint density at radius 3 is 2.55 bits per heavy atom. The molecule has 7 fully saturated rings. The SMILES string of the molecule is COc1cc(C(=O)N2C[C@H](N)[C@H]3CC[C@@H]2C3)cc2nc(-c3cc4ccc([C@@H](C)NC(=O)C56CC(F)(C5)C6)nc4n3CC3CC3)n(C3CC3)c12. The number of likely N-dealkylation sites (tertiary alicyclic amines) is 1. The third kappa shape index (κ3) is 4.60. The van der Waals surface area contributed by atoms with Gasteiger partial charge in [-0.2, -0.15) is 0 Å². The number of alkyl halides is 1. The van der Waals surface area contributed by atoms with Gasteiger partial charge in [0.25, 0.3) is 5.91 Å². The Morgan fingerprint density at radius 2 is 1.84 bits per heavy atom. The van der Waals surface area contributed by atoms with Gasteiger partial charge in [0, 0.05) is 42.2 Å². The molecule has 1 aliphatic heterocycles. The summed E-state index contributed by atoms with van der Waals surface area (Å²) in [5.74, 6) is 2.57. The van der Waals surface area contributed by atoms with Crippen molar-refractivity contribution in [2.45, 2.75) is 108 Å². The molecule has 3 aromatic heterocycles. The van der Waals surface area contributed by atoms with E-state index in [0.29, 0.717) is 55.0 Å². The molecule has 0 spiro atoms. The van der Waals surface area contributed by atoms with Crippen molar-refractivity contribution in [3.05, 3.63) is 41.6 Å². The van der Waals surface area contributed by atoms with Crippen molar-refractivity contribution >= 4 is 33.9 Å². The number of rotatable bonds is 9. The van der Waals surface area contributed by atoms with Gasteiger partial charge >= 0.3 is 0 Å². The minimum Gasteiger partial charge on any atom is -0.494 e. The fraction of sp³-hybridized carbons (Fsp3) is 0.579. The van der Waals surface area contributed by atoms with Gasteiger partial charge in [-0.25, -0.2) is 14.4 Å². The number of amides is 2. The Balaban J connectivity index is 1.04. The molecule has 0 unspecified atom stereocenters. The fourth-order valence-electron chi connectivity index (χ4n) is 9.59. The molecule has 6 saturated carbocycles. The van der Waals surface area contributed by atoms with E-state index in [9.17, 15) is 14.0 Å². The highest BCUT2D eigenvalue weighted by molar-refractivity contribution is 6.00. The first-order valence-corrected chi connectivity index (χ1v) is 18.3. The zero-order chi connectivity index (χ0) is 33.4. The second kappa shape index (κ2) is 10.3. The number of aromatic nitrogens is 4. The van der Waals surface area contributed by atoms with Gasteiger partial charge in [-0.1, -0.05) is 0 Å². The first-order chi connectivity index (χ1) is 23.6. The largest absolute Gasteiger partial charge is 0.494 e. The second-order valence-electron chi connectivity index (χ2n) is 16.3. The Morgan fingerprint density at radius 1 is 1.06 bits per heavy atom. The minimum absolute atomic E-state index is 0.00236. The first kappa shape index (κ1) is 29.9. The maximum atomic E-state index is 14.1. The zero-order valence-corrected chi connectivity index (χ0v) is 28.3. The van der Waals surface area contributed by atoms with Gasteiger partial charge in [-0.3, -0.25) is 9.59 Å². The van der Waals surface area contributed by atoms with Crippen LogP contribution in [0.3, 0.4) is 0 Å². The van der Waals surface area contributed by atoms with Gasteiger partial charge < -0.3 is 29.8 Å². The van der Waals surface area contributed by atoms with Crippen LogP contribution in [-0.4, -0.2) is 67.2 Å². The topological polar surface area (TPSA) is 120 Å². The van der Waals surface area contributed by atoms with Gasteiger partial charge in [-0.15, -0.1) is 0 Å². The molecule has 4 aromatic rings. The molecule has 7 aliphatic rings. The minimum atomic E-state index is -1.11. The second-order valence-corrected chi connectivity index (χ2v) is 16.3. The Labute approximate surface area is 284 Å². The number of carbonyl (C=O) groups is 2. The third-order valence-electron chi connectivity index (χ3n) is 12.7. The van der Waals surface area contributed by atoms with Crippen molar-refractivity contribution < 1.29 is 18.7 Å². The van der Waals surface area contributed by atoms with Crippen LogP contribution < -0.4 is 15.8 Å². The lowest BCUT2D eigenvalue weighted by atomic mass is 9.42. The summed E-state index contributed by atoms with van der Waals surface area (Å²) in [6, 6.07) is 10.4. The van der Waals surface area contributed by atoms with Crippen LogP contribution in [0.2, 0.25) is 0 Å². The molecule has 256 valence electrons. The molecule has 49 heavy (non-hydrogen) atoms. The number of nitrogens with one attached hydrogen (secondary N) is 1. The van der Waals surface area contributed by atoms with Crippen molar-refractivity contribution in [1.29, 1.82) is 0 Å². The molecule has 4 atom stereocenters. The van der Waals surface area contributed by atoms with Crippen molar-refractivity contribution in [3.8, 4) is 17.3 Å². The molecular formula is C38H44FN7O3. The predicted molar refractivity (Wildman–Crippen MR) is 183 cm³/mol. The van der Waals surface area contributed by atoms with Crippen LogP contribution in [0.4, 0.5) is 4.39 Å². The van der Waals surface area contributed by atoms with E-state index in [4.69, 9.17) is 20.4 Å². The van der Waals surface area contributed by atoms with Crippen molar-refractivity contribution in [2.75, 3.05) is 13.7 Å². The van der Waals surface area contributed by atoms with Crippen LogP contribution in [0.15, 0.2) is 30.3 Å². The number of imidazole rings is 1. The van der Waals surface area contributed by atoms with E-state index in [-0.39, 0.29) is 29.9 Å². The number of pyridine rings is 1. The molecule has 1 aromatic carbocycles. The van der Waals surface area contributed by atoms with Gasteiger partial charge in [0.2, 0.25) is 5.91 Å². The number of piperidine rings is 1. The predicted octanol–water partition coefficient (Wildman–Crippen LogP) is 5.83. The van der Waals surface area contributed by atoms with Crippen LogP contribution in [-0.2, 0) is 11.3 Å². The van der Waals surface area contributed by atoms with Gasteiger partial charge in [0.05, 0.1) is 35.5 Å². The van der Waals surface area contributed by atoms with E-state index in [2.05, 4.69) is 26.6 Å². The monoisotopic (exact) mass is 665 g/mol. The molecule has 4 bridgehead atoms. The number of halogens is 1. The van der Waals surface area contributed by atoms with E-state index in [0.717, 1.165) is 77.9 Å². The maximum Gasteiger partial charge on any atom is 0.254 e. The van der Waals surface area contributed by atoms with Gasteiger partial charge in [0.15, 0.2) is 5.82 Å². The highest BCUT2D eigenvalue weighted by Gasteiger charge is 2.72. The van der Waals surface area contributed by atoms with Crippen LogP contribution in [0.25, 0.3) is 33.6 Å². The molecule has 10 nitrogen and oxygen atoms in total. The van der Waals surface area contributed by atoms with Crippen LogP contribution >= 0.6 is 0 Å². The van der Waals surface area contributed by atoms with E-state index < -0.39 is 11.1 Å². The summed E-state index contributed by atoms with van der Waals surface area (Å²) in [7, 11) is 1.67. The van der Waals surface area contributed by atoms with Crippen molar-refractivity contribution in [1.82, 2.24) is 29.3 Å². The number of ether oxygens (including phenoxy) is 1. The third-order valence-corrected chi connectivity index (χ3v) is 12.7. The number of nitrogens with zero attached hydrogens (tertiary/aromatic N) is 5. The van der Waals surface area contributed by atoms with Crippen molar-refractivity contribution in [3.63, 3.8) is 0 Å². The number of hydrogen-bond donors (Lipinski definition) is 2.